The van der Waals surface area contributed by atoms with E-state index in [2.05, 4.69) is 9.97 Å². The first-order chi connectivity index (χ1) is 14.0. The van der Waals surface area contributed by atoms with Gasteiger partial charge in [-0.15, -0.1) is 0 Å². The van der Waals surface area contributed by atoms with Crippen LogP contribution in [0.25, 0.3) is 10.3 Å². The summed E-state index contributed by atoms with van der Waals surface area (Å²) in [4.78, 5) is 20.4. The minimum Gasteiger partial charge on any atom is -0.497 e. The standard InChI is InChI=1S/C18H19N3O7S/c1-26-10-4-2-9(3-5-10)7-27-16-14-15(19-8-20-16)21(18(25)29-14)17-13(24)12(23)11(6-22)28-17/h2-5,8,11-13,17,22-24H,6-7H2,1H3/t11-,12-,13-,17-/m1/s1. The monoisotopic (exact) mass is 421 g/mol. The van der Waals surface area contributed by atoms with Crippen LogP contribution in [-0.4, -0.2) is 61.9 Å². The van der Waals surface area contributed by atoms with Gasteiger partial charge in [-0.25, -0.2) is 9.97 Å². The van der Waals surface area contributed by atoms with Gasteiger partial charge in [-0.2, -0.15) is 0 Å². The maximum absolute atomic E-state index is 12.6. The lowest BCUT2D eigenvalue weighted by atomic mass is 10.1. The molecule has 0 radical (unpaired) electrons. The molecule has 1 aliphatic heterocycles. The number of benzene rings is 1. The first kappa shape index (κ1) is 19.7. The van der Waals surface area contributed by atoms with Crippen LogP contribution in [0.5, 0.6) is 11.6 Å². The minimum atomic E-state index is -1.39. The predicted molar refractivity (Wildman–Crippen MR) is 102 cm³/mol. The van der Waals surface area contributed by atoms with Crippen molar-refractivity contribution < 1.29 is 29.5 Å². The summed E-state index contributed by atoms with van der Waals surface area (Å²) in [7, 11) is 1.59. The van der Waals surface area contributed by atoms with Crippen molar-refractivity contribution >= 4 is 21.7 Å². The molecule has 0 saturated carbocycles. The number of aliphatic hydroxyl groups is 3. The largest absolute Gasteiger partial charge is 0.497 e. The summed E-state index contributed by atoms with van der Waals surface area (Å²) in [6.07, 6.45) is -3.63. The Bertz CT molecular complexity index is 1050. The molecule has 11 heteroatoms. The van der Waals surface area contributed by atoms with Crippen LogP contribution in [0.15, 0.2) is 35.4 Å². The maximum Gasteiger partial charge on any atom is 0.311 e. The van der Waals surface area contributed by atoms with Crippen molar-refractivity contribution in [2.45, 2.75) is 31.1 Å². The van der Waals surface area contributed by atoms with Gasteiger partial charge in [0.25, 0.3) is 0 Å². The number of fused-ring (bicyclic) bond motifs is 1. The van der Waals surface area contributed by atoms with E-state index in [0.29, 0.717) is 4.70 Å². The molecule has 3 aromatic rings. The molecule has 4 rings (SSSR count). The van der Waals surface area contributed by atoms with Gasteiger partial charge in [0.1, 0.15) is 41.7 Å². The smallest absolute Gasteiger partial charge is 0.311 e. The Balaban J connectivity index is 1.63. The Labute approximate surface area is 168 Å². The number of thiazole rings is 1. The Kier molecular flexibility index (Phi) is 5.48. The quantitative estimate of drug-likeness (QED) is 0.504. The predicted octanol–water partition coefficient (Wildman–Crippen LogP) is 0.0521. The average Bonchev–Trinajstić information content (AvgIpc) is 3.22. The summed E-state index contributed by atoms with van der Waals surface area (Å²) < 4.78 is 17.9. The fourth-order valence-electron chi connectivity index (χ4n) is 3.13. The Hall–Kier alpha value is -2.57. The number of hydrogen-bond donors (Lipinski definition) is 3. The Morgan fingerprint density at radius 3 is 2.62 bits per heavy atom. The van der Waals surface area contributed by atoms with Crippen LogP contribution >= 0.6 is 11.3 Å². The van der Waals surface area contributed by atoms with Crippen LogP contribution in [0.1, 0.15) is 11.8 Å². The summed E-state index contributed by atoms with van der Waals surface area (Å²) in [5.74, 6) is 0.949. The van der Waals surface area contributed by atoms with Gasteiger partial charge in [0.2, 0.25) is 5.88 Å². The van der Waals surface area contributed by atoms with E-state index in [0.717, 1.165) is 27.2 Å². The van der Waals surface area contributed by atoms with E-state index in [4.69, 9.17) is 14.2 Å². The van der Waals surface area contributed by atoms with E-state index in [1.165, 1.54) is 6.33 Å². The maximum atomic E-state index is 12.6. The Morgan fingerprint density at radius 1 is 1.21 bits per heavy atom. The number of methoxy groups -OCH3 is 1. The van der Waals surface area contributed by atoms with E-state index in [9.17, 15) is 20.1 Å². The molecule has 154 valence electrons. The van der Waals surface area contributed by atoms with Gasteiger partial charge in [-0.05, 0) is 17.7 Å². The molecule has 10 nitrogen and oxygen atoms in total. The average molecular weight is 421 g/mol. The van der Waals surface area contributed by atoms with Gasteiger partial charge in [0.15, 0.2) is 11.9 Å². The van der Waals surface area contributed by atoms with E-state index < -0.39 is 36.0 Å². The molecule has 3 heterocycles. The molecular weight excluding hydrogens is 402 g/mol. The van der Waals surface area contributed by atoms with Gasteiger partial charge in [-0.3, -0.25) is 9.36 Å². The van der Waals surface area contributed by atoms with Crippen molar-refractivity contribution in [2.24, 2.45) is 0 Å². The molecule has 0 spiro atoms. The van der Waals surface area contributed by atoms with Crippen molar-refractivity contribution in [2.75, 3.05) is 13.7 Å². The lowest BCUT2D eigenvalue weighted by molar-refractivity contribution is -0.0518. The normalized spacial score (nSPS) is 24.1. The second-order valence-electron chi connectivity index (χ2n) is 6.44. The summed E-state index contributed by atoms with van der Waals surface area (Å²) in [6, 6.07) is 7.32. The van der Waals surface area contributed by atoms with E-state index in [1.54, 1.807) is 7.11 Å². The number of aliphatic hydroxyl groups excluding tert-OH is 3. The molecule has 4 atom stereocenters. The molecule has 0 amide bonds. The molecule has 0 bridgehead atoms. The molecule has 1 aromatic carbocycles. The lowest BCUT2D eigenvalue weighted by Crippen LogP contribution is -2.34. The number of nitrogens with zero attached hydrogens (tertiary/aromatic N) is 3. The zero-order chi connectivity index (χ0) is 20.5. The number of aromatic nitrogens is 3. The number of ether oxygens (including phenoxy) is 3. The second kappa shape index (κ2) is 8.05. The first-order valence-corrected chi connectivity index (χ1v) is 9.59. The second-order valence-corrected chi connectivity index (χ2v) is 7.40. The van der Waals surface area contributed by atoms with Gasteiger partial charge in [0, 0.05) is 0 Å². The van der Waals surface area contributed by atoms with Crippen molar-refractivity contribution in [3.63, 3.8) is 0 Å². The highest BCUT2D eigenvalue weighted by Crippen LogP contribution is 2.33. The third-order valence-electron chi connectivity index (χ3n) is 4.67. The fraction of sp³-hybridized carbons (Fsp3) is 0.389. The van der Waals surface area contributed by atoms with Crippen LogP contribution in [0.4, 0.5) is 0 Å². The molecule has 1 fully saturated rings. The third kappa shape index (κ3) is 3.58. The van der Waals surface area contributed by atoms with Crippen molar-refractivity contribution in [3.05, 3.63) is 45.8 Å². The molecule has 29 heavy (non-hydrogen) atoms. The molecule has 2 aromatic heterocycles. The fourth-order valence-corrected chi connectivity index (χ4v) is 4.03. The van der Waals surface area contributed by atoms with Gasteiger partial charge in [-0.1, -0.05) is 23.5 Å². The Morgan fingerprint density at radius 2 is 1.97 bits per heavy atom. The molecule has 1 aliphatic rings. The van der Waals surface area contributed by atoms with Crippen molar-refractivity contribution in [1.82, 2.24) is 14.5 Å². The van der Waals surface area contributed by atoms with Crippen LogP contribution in [-0.2, 0) is 11.3 Å². The minimum absolute atomic E-state index is 0.217. The highest BCUT2D eigenvalue weighted by Gasteiger charge is 2.44. The van der Waals surface area contributed by atoms with E-state index >= 15 is 0 Å². The summed E-state index contributed by atoms with van der Waals surface area (Å²) in [5, 5.41) is 29.5. The zero-order valence-electron chi connectivity index (χ0n) is 15.3. The van der Waals surface area contributed by atoms with Gasteiger partial charge < -0.3 is 29.5 Å². The van der Waals surface area contributed by atoms with Crippen molar-refractivity contribution in [3.8, 4) is 11.6 Å². The molecule has 0 unspecified atom stereocenters. The molecule has 1 saturated heterocycles. The highest BCUT2D eigenvalue weighted by molar-refractivity contribution is 7.16. The molecular formula is C18H19N3O7S. The molecule has 0 aliphatic carbocycles. The van der Waals surface area contributed by atoms with Crippen molar-refractivity contribution in [1.29, 1.82) is 0 Å². The number of hydrogen-bond acceptors (Lipinski definition) is 10. The topological polar surface area (TPSA) is 136 Å². The SMILES string of the molecule is COc1ccc(COc2ncnc3c2sc(=O)n3[C@@H]2O[C@H](CO)[C@@H](O)[C@H]2O)cc1. The van der Waals surface area contributed by atoms with E-state index in [1.807, 2.05) is 24.3 Å². The van der Waals surface area contributed by atoms with E-state index in [-0.39, 0.29) is 18.1 Å². The lowest BCUT2D eigenvalue weighted by Gasteiger charge is -2.16. The first-order valence-electron chi connectivity index (χ1n) is 8.77. The number of rotatable bonds is 6. The third-order valence-corrected chi connectivity index (χ3v) is 5.61. The summed E-state index contributed by atoms with van der Waals surface area (Å²) >= 11 is 0.848. The summed E-state index contributed by atoms with van der Waals surface area (Å²) in [6.45, 7) is -0.271. The van der Waals surface area contributed by atoms with Crippen LogP contribution in [0.3, 0.4) is 0 Å². The zero-order valence-corrected chi connectivity index (χ0v) is 16.2. The van der Waals surface area contributed by atoms with Gasteiger partial charge in [0.05, 0.1) is 13.7 Å². The van der Waals surface area contributed by atoms with Crippen LogP contribution < -0.4 is 14.3 Å². The molecule has 3 N–H and O–H groups in total. The highest BCUT2D eigenvalue weighted by atomic mass is 32.1. The summed E-state index contributed by atoms with van der Waals surface area (Å²) in [5.41, 5.74) is 1.10. The van der Waals surface area contributed by atoms with Gasteiger partial charge >= 0.3 is 4.87 Å². The van der Waals surface area contributed by atoms with Crippen LogP contribution in [0.2, 0.25) is 0 Å². The van der Waals surface area contributed by atoms with Crippen LogP contribution in [0, 0.1) is 0 Å².